The fraction of sp³-hybridized carbons (Fsp3) is 0.400. The van der Waals surface area contributed by atoms with E-state index in [0.717, 1.165) is 6.07 Å². The van der Waals surface area contributed by atoms with Crippen molar-refractivity contribution in [2.24, 2.45) is 0 Å². The van der Waals surface area contributed by atoms with E-state index in [4.69, 9.17) is 0 Å². The largest absolute Gasteiger partial charge is 0.469 e. The molecule has 0 amide bonds. The number of aryl methyl sites for hydroxylation is 1. The van der Waals surface area contributed by atoms with Crippen molar-refractivity contribution in [2.45, 2.75) is 19.8 Å². The molecule has 0 aliphatic heterocycles. The van der Waals surface area contributed by atoms with Crippen LogP contribution < -0.4 is 0 Å². The monoisotopic (exact) mass is 233 g/mol. The average Bonchev–Trinajstić information content (AvgIpc) is 2.21. The molecule has 0 atom stereocenters. The summed E-state index contributed by atoms with van der Waals surface area (Å²) < 4.78 is 42.1. The lowest BCUT2D eigenvalue weighted by Crippen LogP contribution is -2.09. The zero-order valence-electron chi connectivity index (χ0n) is 8.76. The van der Waals surface area contributed by atoms with E-state index in [-0.39, 0.29) is 17.7 Å². The summed E-state index contributed by atoms with van der Waals surface area (Å²) in [6, 6.07) is 0.944. The van der Waals surface area contributed by atoms with Gasteiger partial charge < -0.3 is 4.74 Å². The Kier molecular flexibility index (Phi) is 3.87. The number of aromatic nitrogens is 1. The van der Waals surface area contributed by atoms with Crippen LogP contribution >= 0.6 is 0 Å². The zero-order valence-corrected chi connectivity index (χ0v) is 8.76. The summed E-state index contributed by atoms with van der Waals surface area (Å²) in [5.74, 6) is -1.79. The van der Waals surface area contributed by atoms with Crippen LogP contribution in [0.5, 0.6) is 0 Å². The van der Waals surface area contributed by atoms with Crippen molar-refractivity contribution in [2.75, 3.05) is 7.11 Å². The number of carbonyl (C=O) groups excluding carboxylic acids is 1. The molecule has 0 saturated carbocycles. The fourth-order valence-electron chi connectivity index (χ4n) is 1.19. The van der Waals surface area contributed by atoms with E-state index in [0.29, 0.717) is 0 Å². The predicted molar refractivity (Wildman–Crippen MR) is 49.6 cm³/mol. The Morgan fingerprint density at radius 3 is 2.69 bits per heavy atom. The maximum atomic E-state index is 13.0. The molecule has 0 fully saturated rings. The number of hydrogen-bond donors (Lipinski definition) is 0. The Bertz CT molecular complexity index is 407. The van der Waals surface area contributed by atoms with Gasteiger partial charge in [0.2, 0.25) is 5.95 Å². The number of carbonyl (C=O) groups is 1. The van der Waals surface area contributed by atoms with Crippen molar-refractivity contribution in [3.63, 3.8) is 0 Å². The van der Waals surface area contributed by atoms with Crippen LogP contribution in [0.15, 0.2) is 6.07 Å². The first-order valence-electron chi connectivity index (χ1n) is 4.46. The number of hydrogen-bond acceptors (Lipinski definition) is 3. The first kappa shape index (κ1) is 12.5. The highest BCUT2D eigenvalue weighted by atomic mass is 19.3. The third-order valence-corrected chi connectivity index (χ3v) is 2.10. The maximum absolute atomic E-state index is 13.0. The van der Waals surface area contributed by atoms with Gasteiger partial charge in [-0.2, -0.15) is 4.39 Å². The lowest BCUT2D eigenvalue weighted by molar-refractivity contribution is -0.139. The number of nitrogens with zero attached hydrogens (tertiary/aromatic N) is 1. The molecule has 1 aromatic heterocycles. The molecule has 0 spiro atoms. The summed E-state index contributed by atoms with van der Waals surface area (Å²) in [6.45, 7) is 1.44. The quantitative estimate of drug-likeness (QED) is 0.593. The van der Waals surface area contributed by atoms with Crippen LogP contribution in [0.4, 0.5) is 13.2 Å². The van der Waals surface area contributed by atoms with Crippen LogP contribution in [-0.2, 0) is 16.0 Å². The van der Waals surface area contributed by atoms with E-state index in [1.165, 1.54) is 14.0 Å². The van der Waals surface area contributed by atoms with Gasteiger partial charge in [-0.15, -0.1) is 0 Å². The summed E-state index contributed by atoms with van der Waals surface area (Å²) in [4.78, 5) is 14.3. The lowest BCUT2D eigenvalue weighted by Gasteiger charge is -2.07. The van der Waals surface area contributed by atoms with Crippen LogP contribution in [0.1, 0.15) is 23.2 Å². The molecular formula is C10H10F3NO2. The lowest BCUT2D eigenvalue weighted by atomic mass is 10.1. The zero-order chi connectivity index (χ0) is 12.3. The summed E-state index contributed by atoms with van der Waals surface area (Å²) in [6.07, 6.45) is -3.15. The molecule has 1 rings (SSSR count). The second-order valence-corrected chi connectivity index (χ2v) is 3.17. The van der Waals surface area contributed by atoms with Crippen molar-refractivity contribution < 1.29 is 22.7 Å². The van der Waals surface area contributed by atoms with E-state index in [1.54, 1.807) is 0 Å². The van der Waals surface area contributed by atoms with E-state index in [1.807, 2.05) is 0 Å². The maximum Gasteiger partial charge on any atom is 0.310 e. The summed E-state index contributed by atoms with van der Waals surface area (Å²) in [5.41, 5.74) is -0.361. The van der Waals surface area contributed by atoms with Gasteiger partial charge in [-0.1, -0.05) is 0 Å². The molecule has 88 valence electrons. The minimum absolute atomic E-state index is 0.199. The number of ether oxygens (including phenoxy) is 1. The molecule has 0 aliphatic rings. The van der Waals surface area contributed by atoms with Crippen LogP contribution in [0, 0.1) is 12.9 Å². The second kappa shape index (κ2) is 4.96. The normalized spacial score (nSPS) is 10.6. The first-order chi connectivity index (χ1) is 7.45. The van der Waals surface area contributed by atoms with Gasteiger partial charge in [0.1, 0.15) is 0 Å². The van der Waals surface area contributed by atoms with Crippen molar-refractivity contribution in [1.82, 2.24) is 4.98 Å². The van der Waals surface area contributed by atoms with Gasteiger partial charge in [-0.25, -0.2) is 13.8 Å². The fourth-order valence-corrected chi connectivity index (χ4v) is 1.19. The molecule has 1 aromatic rings. The Morgan fingerprint density at radius 1 is 1.56 bits per heavy atom. The molecule has 6 heteroatoms. The van der Waals surface area contributed by atoms with Gasteiger partial charge >= 0.3 is 5.97 Å². The Hall–Kier alpha value is -1.59. The summed E-state index contributed by atoms with van der Waals surface area (Å²) in [7, 11) is 1.18. The third kappa shape index (κ3) is 2.71. The van der Waals surface area contributed by atoms with E-state index >= 15 is 0 Å². The smallest absolute Gasteiger partial charge is 0.310 e. The molecule has 1 heterocycles. The van der Waals surface area contributed by atoms with Crippen molar-refractivity contribution in [3.8, 4) is 0 Å². The van der Waals surface area contributed by atoms with Crippen LogP contribution in [0.3, 0.4) is 0 Å². The molecule has 0 N–H and O–H groups in total. The Morgan fingerprint density at radius 2 is 2.19 bits per heavy atom. The highest BCUT2D eigenvalue weighted by Gasteiger charge is 2.18. The molecule has 0 aromatic carbocycles. The van der Waals surface area contributed by atoms with Crippen LogP contribution in [0.2, 0.25) is 0 Å². The standard InChI is InChI=1S/C10H10F3NO2/c1-5-6(4-8(15)16-2)3-7(9(11)12)10(13)14-5/h3,9H,4H2,1-2H3. The van der Waals surface area contributed by atoms with Gasteiger partial charge in [0.05, 0.1) is 19.1 Å². The van der Waals surface area contributed by atoms with Gasteiger partial charge in [0, 0.05) is 5.69 Å². The topological polar surface area (TPSA) is 39.2 Å². The predicted octanol–water partition coefficient (Wildman–Crippen LogP) is 2.18. The molecule has 0 radical (unpaired) electrons. The highest BCUT2D eigenvalue weighted by Crippen LogP contribution is 2.23. The van der Waals surface area contributed by atoms with Crippen molar-refractivity contribution >= 4 is 5.97 Å². The van der Waals surface area contributed by atoms with Crippen LogP contribution in [0.25, 0.3) is 0 Å². The number of alkyl halides is 2. The third-order valence-electron chi connectivity index (χ3n) is 2.10. The number of rotatable bonds is 3. The van der Waals surface area contributed by atoms with Crippen LogP contribution in [-0.4, -0.2) is 18.1 Å². The van der Waals surface area contributed by atoms with Crippen molar-refractivity contribution in [1.29, 1.82) is 0 Å². The molecule has 0 unspecified atom stereocenters. The first-order valence-corrected chi connectivity index (χ1v) is 4.46. The average molecular weight is 233 g/mol. The Labute approximate surface area is 90.2 Å². The molecule has 0 bridgehead atoms. The molecule has 3 nitrogen and oxygen atoms in total. The molecule has 0 aliphatic carbocycles. The van der Waals surface area contributed by atoms with E-state index in [9.17, 15) is 18.0 Å². The van der Waals surface area contributed by atoms with Gasteiger partial charge in [0.25, 0.3) is 6.43 Å². The Balaban J connectivity index is 3.09. The number of halogens is 3. The molecule has 0 saturated heterocycles. The molecular weight excluding hydrogens is 223 g/mol. The SMILES string of the molecule is COC(=O)Cc1cc(C(F)F)c(F)nc1C. The van der Waals surface area contributed by atoms with Crippen molar-refractivity contribution in [3.05, 3.63) is 28.8 Å². The molecule has 16 heavy (non-hydrogen) atoms. The number of pyridine rings is 1. The summed E-state index contributed by atoms with van der Waals surface area (Å²) in [5, 5.41) is 0. The second-order valence-electron chi connectivity index (χ2n) is 3.17. The summed E-state index contributed by atoms with van der Waals surface area (Å²) >= 11 is 0. The van der Waals surface area contributed by atoms with E-state index < -0.39 is 23.9 Å². The number of methoxy groups -OCH3 is 1. The highest BCUT2D eigenvalue weighted by molar-refractivity contribution is 5.72. The minimum Gasteiger partial charge on any atom is -0.469 e. The van der Waals surface area contributed by atoms with E-state index in [2.05, 4.69) is 9.72 Å². The van der Waals surface area contributed by atoms with Gasteiger partial charge in [-0.3, -0.25) is 4.79 Å². The number of esters is 1. The minimum atomic E-state index is -2.95. The van der Waals surface area contributed by atoms with Gasteiger partial charge in [-0.05, 0) is 18.6 Å². The van der Waals surface area contributed by atoms with Gasteiger partial charge in [0.15, 0.2) is 0 Å².